The molecule has 3 heterocycles. The average Bonchev–Trinajstić information content (AvgIpc) is 3.01. The highest BCUT2D eigenvalue weighted by Crippen LogP contribution is 2.47. The van der Waals surface area contributed by atoms with E-state index in [1.807, 2.05) is 60.7 Å². The van der Waals surface area contributed by atoms with Gasteiger partial charge in [-0.3, -0.25) is 14.2 Å². The van der Waals surface area contributed by atoms with Gasteiger partial charge in [0.15, 0.2) is 4.80 Å². The predicted octanol–water partition coefficient (Wildman–Crippen LogP) is 1.86. The Morgan fingerprint density at radius 1 is 1.21 bits per heavy atom. The van der Waals surface area contributed by atoms with Gasteiger partial charge in [0.2, 0.25) is 5.72 Å². The first-order chi connectivity index (χ1) is 14.0. The van der Waals surface area contributed by atoms with Crippen LogP contribution in [0.1, 0.15) is 24.1 Å². The molecular weight excluding hydrogens is 388 g/mol. The van der Waals surface area contributed by atoms with Crippen molar-refractivity contribution in [2.45, 2.75) is 18.7 Å². The van der Waals surface area contributed by atoms with Crippen LogP contribution < -0.4 is 19.6 Å². The number of benzene rings is 2. The topological polar surface area (TPSA) is 69.9 Å². The number of carbonyl (C=O) groups excluding carboxylic acids is 1. The molecule has 0 spiro atoms. The number of ether oxygens (including phenoxy) is 2. The van der Waals surface area contributed by atoms with Crippen LogP contribution in [0.5, 0.6) is 5.75 Å². The van der Waals surface area contributed by atoms with Gasteiger partial charge in [0, 0.05) is 5.56 Å². The maximum absolute atomic E-state index is 13.4. The van der Waals surface area contributed by atoms with Gasteiger partial charge in [-0.2, -0.15) is 0 Å². The Kier molecular flexibility index (Phi) is 3.96. The first kappa shape index (κ1) is 17.9. The van der Waals surface area contributed by atoms with Crippen LogP contribution in [0.15, 0.2) is 64.4 Å². The van der Waals surface area contributed by atoms with Crippen LogP contribution in [0.4, 0.5) is 0 Å². The molecule has 0 radical (unpaired) electrons. The van der Waals surface area contributed by atoms with Gasteiger partial charge >= 0.3 is 5.97 Å². The van der Waals surface area contributed by atoms with Crippen LogP contribution in [0.3, 0.4) is 0 Å². The molecule has 7 heteroatoms. The highest BCUT2D eigenvalue weighted by atomic mass is 32.1. The minimum absolute atomic E-state index is 0.171. The lowest BCUT2D eigenvalue weighted by Crippen LogP contribution is -2.58. The summed E-state index contributed by atoms with van der Waals surface area (Å²) in [5, 5.41) is 0. The van der Waals surface area contributed by atoms with Crippen LogP contribution in [0, 0.1) is 5.92 Å². The van der Waals surface area contributed by atoms with Crippen molar-refractivity contribution in [2.75, 3.05) is 7.11 Å². The lowest BCUT2D eigenvalue weighted by Gasteiger charge is -2.44. The van der Waals surface area contributed by atoms with E-state index in [1.54, 1.807) is 11.5 Å². The fourth-order valence-corrected chi connectivity index (χ4v) is 5.23. The zero-order valence-corrected chi connectivity index (χ0v) is 16.7. The van der Waals surface area contributed by atoms with Crippen LogP contribution in [-0.2, 0) is 9.53 Å². The standard InChI is InChI=1S/C22H18N2O4S/c1-22-17(20(26)27-2)18(14-10-6-7-11-15(14)28-22)24-19(25)16(29-21(24)23-22)12-13-8-4-3-5-9-13/h3-12,17-18H,1-2H3/b16-12-. The number of methoxy groups -OCH3 is 1. The number of aromatic nitrogens is 1. The molecule has 0 saturated carbocycles. The Bertz CT molecular complexity index is 1290. The normalized spacial score (nSPS) is 24.7. The van der Waals surface area contributed by atoms with Gasteiger partial charge in [-0.25, -0.2) is 4.99 Å². The van der Waals surface area contributed by atoms with E-state index >= 15 is 0 Å². The van der Waals surface area contributed by atoms with Crippen LogP contribution in [0.2, 0.25) is 0 Å². The maximum Gasteiger partial charge on any atom is 0.317 e. The Morgan fingerprint density at radius 2 is 1.93 bits per heavy atom. The van der Waals surface area contributed by atoms with Gasteiger partial charge in [0.1, 0.15) is 11.7 Å². The lowest BCUT2D eigenvalue weighted by atomic mass is 9.81. The summed E-state index contributed by atoms with van der Waals surface area (Å²) in [5.41, 5.74) is 0.394. The van der Waals surface area contributed by atoms with Gasteiger partial charge in [-0.15, -0.1) is 0 Å². The molecule has 2 aliphatic rings. The molecule has 0 saturated heterocycles. The number of esters is 1. The quantitative estimate of drug-likeness (QED) is 0.609. The summed E-state index contributed by atoms with van der Waals surface area (Å²) in [7, 11) is 1.34. The number of carbonyl (C=O) groups is 1. The fraction of sp³-hybridized carbons (Fsp3) is 0.227. The second kappa shape index (κ2) is 6.42. The minimum atomic E-state index is -1.15. The second-order valence-corrected chi connectivity index (χ2v) is 8.24. The van der Waals surface area contributed by atoms with Crippen LogP contribution >= 0.6 is 11.3 Å². The molecule has 3 aromatic rings. The highest BCUT2D eigenvalue weighted by molar-refractivity contribution is 7.07. The molecule has 2 aromatic carbocycles. The number of para-hydroxylation sites is 1. The second-order valence-electron chi connectivity index (χ2n) is 7.23. The molecule has 0 aliphatic carbocycles. The molecule has 29 heavy (non-hydrogen) atoms. The number of nitrogens with zero attached hydrogens (tertiary/aromatic N) is 2. The van der Waals surface area contributed by atoms with E-state index in [2.05, 4.69) is 0 Å². The molecule has 0 N–H and O–H groups in total. The summed E-state index contributed by atoms with van der Waals surface area (Å²) >= 11 is 1.30. The van der Waals surface area contributed by atoms with E-state index < -0.39 is 23.7 Å². The monoisotopic (exact) mass is 406 g/mol. The third kappa shape index (κ3) is 2.65. The van der Waals surface area contributed by atoms with Crippen molar-refractivity contribution < 1.29 is 14.3 Å². The van der Waals surface area contributed by atoms with E-state index in [1.165, 1.54) is 18.4 Å². The largest absolute Gasteiger partial charge is 0.469 e. The van der Waals surface area contributed by atoms with Crippen molar-refractivity contribution in [3.63, 3.8) is 0 Å². The lowest BCUT2D eigenvalue weighted by molar-refractivity contribution is -0.158. The number of hydrogen-bond donors (Lipinski definition) is 0. The summed E-state index contributed by atoms with van der Waals surface area (Å²) in [5.74, 6) is -0.582. The smallest absolute Gasteiger partial charge is 0.317 e. The van der Waals surface area contributed by atoms with Gasteiger partial charge in [-0.05, 0) is 24.6 Å². The van der Waals surface area contributed by atoms with E-state index in [-0.39, 0.29) is 5.56 Å². The summed E-state index contributed by atoms with van der Waals surface area (Å²) in [4.78, 5) is 31.4. The Balaban J connectivity index is 1.81. The Morgan fingerprint density at radius 3 is 2.69 bits per heavy atom. The maximum atomic E-state index is 13.4. The Hall–Kier alpha value is -3.19. The summed E-state index contributed by atoms with van der Waals surface area (Å²) in [6.45, 7) is 1.77. The first-order valence-corrected chi connectivity index (χ1v) is 10.1. The zero-order valence-electron chi connectivity index (χ0n) is 15.9. The third-order valence-electron chi connectivity index (χ3n) is 5.43. The van der Waals surface area contributed by atoms with E-state index in [0.717, 1.165) is 11.1 Å². The van der Waals surface area contributed by atoms with Crippen LogP contribution in [0.25, 0.3) is 6.08 Å². The molecule has 0 amide bonds. The van der Waals surface area contributed by atoms with Crippen molar-refractivity contribution in [2.24, 2.45) is 10.9 Å². The SMILES string of the molecule is COC(=O)C1C2c3ccccc3OC1(C)N=c1s/c(=C\c3ccccc3)c(=O)n12. The summed E-state index contributed by atoms with van der Waals surface area (Å²) < 4.78 is 13.4. The number of thiazole rings is 1. The molecule has 2 aliphatic heterocycles. The molecule has 1 aromatic heterocycles. The predicted molar refractivity (Wildman–Crippen MR) is 108 cm³/mol. The fourth-order valence-electron chi connectivity index (χ4n) is 4.13. The van der Waals surface area contributed by atoms with Gasteiger partial charge in [0.25, 0.3) is 5.56 Å². The summed E-state index contributed by atoms with van der Waals surface area (Å²) in [6.07, 6.45) is 1.85. The van der Waals surface area contributed by atoms with E-state index in [4.69, 9.17) is 14.5 Å². The van der Waals surface area contributed by atoms with Gasteiger partial charge < -0.3 is 9.47 Å². The first-order valence-electron chi connectivity index (χ1n) is 9.25. The third-order valence-corrected chi connectivity index (χ3v) is 6.42. The molecule has 2 bridgehead atoms. The van der Waals surface area contributed by atoms with E-state index in [9.17, 15) is 9.59 Å². The van der Waals surface area contributed by atoms with Crippen molar-refractivity contribution in [1.29, 1.82) is 0 Å². The van der Waals surface area contributed by atoms with Gasteiger partial charge in [-0.1, -0.05) is 59.9 Å². The van der Waals surface area contributed by atoms with Crippen molar-refractivity contribution >= 4 is 23.4 Å². The molecule has 3 atom stereocenters. The number of fused-ring (bicyclic) bond motifs is 6. The highest BCUT2D eigenvalue weighted by Gasteiger charge is 2.55. The number of hydrogen-bond acceptors (Lipinski definition) is 6. The number of rotatable bonds is 2. The van der Waals surface area contributed by atoms with Crippen LogP contribution in [-0.4, -0.2) is 23.4 Å². The minimum Gasteiger partial charge on any atom is -0.469 e. The zero-order chi connectivity index (χ0) is 20.2. The van der Waals surface area contributed by atoms with Gasteiger partial charge in [0.05, 0.1) is 17.7 Å². The summed E-state index contributed by atoms with van der Waals surface area (Å²) in [6, 6.07) is 16.6. The van der Waals surface area contributed by atoms with E-state index in [0.29, 0.717) is 15.1 Å². The Labute approximate surface area is 170 Å². The molecular formula is C22H18N2O4S. The van der Waals surface area contributed by atoms with Crippen molar-refractivity contribution in [3.05, 3.63) is 85.4 Å². The van der Waals surface area contributed by atoms with Crippen molar-refractivity contribution in [1.82, 2.24) is 4.57 Å². The molecule has 146 valence electrons. The molecule has 0 fully saturated rings. The average molecular weight is 406 g/mol. The molecule has 3 unspecified atom stereocenters. The molecule has 6 nitrogen and oxygen atoms in total. The molecule has 5 rings (SSSR count). The van der Waals surface area contributed by atoms with Crippen molar-refractivity contribution in [3.8, 4) is 5.75 Å².